The van der Waals surface area contributed by atoms with Crippen LogP contribution in [0.4, 0.5) is 0 Å². The summed E-state index contributed by atoms with van der Waals surface area (Å²) in [5, 5.41) is 0.906. The van der Waals surface area contributed by atoms with Crippen molar-refractivity contribution in [2.45, 2.75) is 38.1 Å². The molecule has 0 bridgehead atoms. The molecule has 0 unspecified atom stereocenters. The molecule has 7 nitrogen and oxygen atoms in total. The van der Waals surface area contributed by atoms with Gasteiger partial charge in [-0.15, -0.1) is 0 Å². The van der Waals surface area contributed by atoms with Gasteiger partial charge in [-0.3, -0.25) is 14.4 Å². The second-order valence-electron chi connectivity index (χ2n) is 9.85. The Morgan fingerprint density at radius 3 is 2.30 bits per heavy atom. The van der Waals surface area contributed by atoms with Crippen molar-refractivity contribution in [3.63, 3.8) is 0 Å². The van der Waals surface area contributed by atoms with E-state index in [1.165, 1.54) is 0 Å². The number of amides is 3. The Bertz CT molecular complexity index is 1170. The Balaban J connectivity index is 1.56. The monoisotopic (exact) mass is 545 g/mol. The second-order valence-corrected chi connectivity index (χ2v) is 10.7. The van der Waals surface area contributed by atoms with Gasteiger partial charge in [0.15, 0.2) is 0 Å². The summed E-state index contributed by atoms with van der Waals surface area (Å²) in [5.41, 5.74) is 1.49. The van der Waals surface area contributed by atoms with Gasteiger partial charge >= 0.3 is 0 Å². The van der Waals surface area contributed by atoms with Crippen LogP contribution in [-0.4, -0.2) is 78.8 Å². The number of carbonyl (C=O) groups excluding carboxylic acids is 3. The molecule has 2 saturated heterocycles. The maximum absolute atomic E-state index is 13.5. The van der Waals surface area contributed by atoms with Crippen molar-refractivity contribution >= 4 is 40.9 Å². The van der Waals surface area contributed by atoms with E-state index in [9.17, 15) is 14.4 Å². The van der Waals surface area contributed by atoms with Crippen LogP contribution in [-0.2, 0) is 9.59 Å². The van der Waals surface area contributed by atoms with Crippen LogP contribution in [0.3, 0.4) is 0 Å². The van der Waals surface area contributed by atoms with E-state index in [0.29, 0.717) is 66.8 Å². The molecule has 0 N–H and O–H groups in total. The molecule has 0 saturated carbocycles. The first-order valence-electron chi connectivity index (χ1n) is 12.6. The predicted octanol–water partition coefficient (Wildman–Crippen LogP) is 4.72. The molecule has 37 heavy (non-hydrogen) atoms. The van der Waals surface area contributed by atoms with Crippen LogP contribution in [0, 0.1) is 5.92 Å². The van der Waals surface area contributed by atoms with Crippen molar-refractivity contribution in [2.24, 2.45) is 5.92 Å². The number of rotatable bonds is 5. The van der Waals surface area contributed by atoms with Crippen molar-refractivity contribution in [3.8, 4) is 5.75 Å². The number of halogens is 2. The number of carbonyl (C=O) groups is 3. The number of hydrogen-bond acceptors (Lipinski definition) is 4. The molecule has 2 fully saturated rings. The number of ether oxygens (including phenoxy) is 1. The SMILES string of the molecule is COc1cccc(C(=O)N(C)[C@@H]2CCN(C(=O)C3CCN(C(C)=O)CC3)C[C@H]2c2ccc(Cl)c(Cl)c2)c1. The lowest BCUT2D eigenvalue weighted by Crippen LogP contribution is -2.53. The van der Waals surface area contributed by atoms with Crippen molar-refractivity contribution in [2.75, 3.05) is 40.3 Å². The van der Waals surface area contributed by atoms with Gasteiger partial charge in [0.05, 0.1) is 17.2 Å². The third-order valence-corrected chi connectivity index (χ3v) is 8.42. The smallest absolute Gasteiger partial charge is 0.254 e. The van der Waals surface area contributed by atoms with Crippen LogP contribution < -0.4 is 4.74 Å². The van der Waals surface area contributed by atoms with Gasteiger partial charge in [0.1, 0.15) is 5.75 Å². The van der Waals surface area contributed by atoms with Gasteiger partial charge in [0.2, 0.25) is 11.8 Å². The lowest BCUT2D eigenvalue weighted by atomic mass is 9.83. The number of benzene rings is 2. The Morgan fingerprint density at radius 2 is 1.65 bits per heavy atom. The fourth-order valence-corrected chi connectivity index (χ4v) is 5.79. The molecule has 2 aromatic carbocycles. The van der Waals surface area contributed by atoms with Gasteiger partial charge in [-0.25, -0.2) is 0 Å². The van der Waals surface area contributed by atoms with Crippen LogP contribution in [0.5, 0.6) is 5.75 Å². The molecule has 9 heteroatoms. The van der Waals surface area contributed by atoms with Gasteiger partial charge in [-0.1, -0.05) is 35.3 Å². The summed E-state index contributed by atoms with van der Waals surface area (Å²) in [5.74, 6) is 0.451. The first kappa shape index (κ1) is 27.3. The van der Waals surface area contributed by atoms with Gasteiger partial charge in [0, 0.05) is 63.6 Å². The minimum Gasteiger partial charge on any atom is -0.497 e. The van der Waals surface area contributed by atoms with Gasteiger partial charge in [-0.05, 0) is 55.2 Å². The molecule has 4 rings (SSSR count). The third-order valence-electron chi connectivity index (χ3n) is 7.68. The molecule has 0 aliphatic carbocycles. The van der Waals surface area contributed by atoms with Crippen LogP contribution in [0.1, 0.15) is 48.0 Å². The quantitative estimate of drug-likeness (QED) is 0.545. The largest absolute Gasteiger partial charge is 0.497 e. The fraction of sp³-hybridized carbons (Fsp3) is 0.464. The number of likely N-dealkylation sites (N-methyl/N-ethyl adjacent to an activating group) is 1. The van der Waals surface area contributed by atoms with E-state index >= 15 is 0 Å². The number of hydrogen-bond donors (Lipinski definition) is 0. The van der Waals surface area contributed by atoms with E-state index in [1.807, 2.05) is 24.1 Å². The normalized spacial score (nSPS) is 20.5. The highest BCUT2D eigenvalue weighted by Crippen LogP contribution is 2.35. The lowest BCUT2D eigenvalue weighted by Gasteiger charge is -2.44. The minimum absolute atomic E-state index is 0.0511. The van der Waals surface area contributed by atoms with Gasteiger partial charge in [-0.2, -0.15) is 0 Å². The summed E-state index contributed by atoms with van der Waals surface area (Å²) in [6.07, 6.45) is 1.98. The minimum atomic E-state index is -0.139. The molecule has 0 spiro atoms. The highest BCUT2D eigenvalue weighted by molar-refractivity contribution is 6.42. The maximum Gasteiger partial charge on any atom is 0.254 e. The molecule has 0 radical (unpaired) electrons. The predicted molar refractivity (Wildman–Crippen MR) is 144 cm³/mol. The van der Waals surface area contributed by atoms with Crippen molar-refractivity contribution in [1.29, 1.82) is 0 Å². The van der Waals surface area contributed by atoms with Crippen molar-refractivity contribution in [1.82, 2.24) is 14.7 Å². The van der Waals surface area contributed by atoms with Crippen LogP contribution in [0.2, 0.25) is 10.0 Å². The Kier molecular flexibility index (Phi) is 8.65. The number of piperidine rings is 2. The molecule has 2 atom stereocenters. The van der Waals surface area contributed by atoms with Crippen LogP contribution in [0.25, 0.3) is 0 Å². The second kappa shape index (κ2) is 11.7. The van der Waals surface area contributed by atoms with E-state index in [1.54, 1.807) is 54.2 Å². The summed E-state index contributed by atoms with van der Waals surface area (Å²) < 4.78 is 5.30. The third kappa shape index (κ3) is 6.04. The Morgan fingerprint density at radius 1 is 0.946 bits per heavy atom. The first-order chi connectivity index (χ1) is 17.7. The molecular weight excluding hydrogens is 513 g/mol. The van der Waals surface area contributed by atoms with E-state index in [2.05, 4.69) is 0 Å². The summed E-state index contributed by atoms with van der Waals surface area (Å²) in [7, 11) is 3.39. The molecule has 3 amide bonds. The van der Waals surface area contributed by atoms with E-state index in [4.69, 9.17) is 27.9 Å². The van der Waals surface area contributed by atoms with Crippen molar-refractivity contribution in [3.05, 3.63) is 63.6 Å². The first-order valence-corrected chi connectivity index (χ1v) is 13.4. The molecule has 2 aliphatic heterocycles. The Hall–Kier alpha value is -2.77. The number of methoxy groups -OCH3 is 1. The van der Waals surface area contributed by atoms with Gasteiger partial charge < -0.3 is 19.4 Å². The van der Waals surface area contributed by atoms with Crippen molar-refractivity contribution < 1.29 is 19.1 Å². The number of nitrogens with zero attached hydrogens (tertiary/aromatic N) is 3. The molecule has 198 valence electrons. The average molecular weight is 546 g/mol. The molecule has 2 heterocycles. The number of likely N-dealkylation sites (tertiary alicyclic amines) is 2. The van der Waals surface area contributed by atoms with Crippen LogP contribution in [0.15, 0.2) is 42.5 Å². The zero-order chi connectivity index (χ0) is 26.7. The van der Waals surface area contributed by atoms with E-state index < -0.39 is 0 Å². The highest BCUT2D eigenvalue weighted by atomic mass is 35.5. The van der Waals surface area contributed by atoms with E-state index in [0.717, 1.165) is 5.56 Å². The lowest BCUT2D eigenvalue weighted by molar-refractivity contribution is -0.141. The average Bonchev–Trinajstić information content (AvgIpc) is 2.93. The summed E-state index contributed by atoms with van der Waals surface area (Å²) in [6, 6.07) is 12.5. The highest BCUT2D eigenvalue weighted by Gasteiger charge is 2.39. The standard InChI is InChI=1S/C28H33Cl2N3O4/c1-18(34)32-12-9-19(10-13-32)28(36)33-14-11-26(23(17-33)20-7-8-24(29)25(30)16-20)31(2)27(35)21-5-4-6-22(15-21)37-3/h4-8,15-16,19,23,26H,9-14,17H2,1-3H3/t23-,26+/m0/s1. The maximum atomic E-state index is 13.5. The molecule has 2 aliphatic rings. The molecular formula is C28H33Cl2N3O4. The topological polar surface area (TPSA) is 70.2 Å². The zero-order valence-electron chi connectivity index (χ0n) is 21.5. The zero-order valence-corrected chi connectivity index (χ0v) is 23.0. The summed E-state index contributed by atoms with van der Waals surface area (Å²) in [6.45, 7) is 3.82. The fourth-order valence-electron chi connectivity index (χ4n) is 5.48. The van der Waals surface area contributed by atoms with E-state index in [-0.39, 0.29) is 35.6 Å². The molecule has 2 aromatic rings. The molecule has 0 aromatic heterocycles. The summed E-state index contributed by atoms with van der Waals surface area (Å²) in [4.78, 5) is 44.2. The summed E-state index contributed by atoms with van der Waals surface area (Å²) >= 11 is 12.6. The Labute approximate surface area is 228 Å². The van der Waals surface area contributed by atoms with Crippen LogP contribution >= 0.6 is 23.2 Å². The van der Waals surface area contributed by atoms with Gasteiger partial charge in [0.25, 0.3) is 5.91 Å².